The summed E-state index contributed by atoms with van der Waals surface area (Å²) in [7, 11) is 0. The standard InChI is InChI=1S/C34H22ClNO9/c1-12-7-18(38)23-22-17(10-36(32(23)42)16-6-4-5-15(35)9-16)29(40)28-25(20(12)22)26-30(41)21-13(2)8-19(39)24-27(21)34(28,11-44-33(24)43)31(26)45-14(3)37/h4-10,26,31,39,42H,11H2,1-3H3/t26-,31-,34-/m0/s1. The van der Waals surface area contributed by atoms with Crippen molar-refractivity contribution in [3.63, 3.8) is 0 Å². The molecular formula is C34H22ClNO9. The number of hydrogen-bond acceptors (Lipinski definition) is 9. The van der Waals surface area contributed by atoms with Gasteiger partial charge in [-0.1, -0.05) is 17.7 Å². The molecule has 11 heteroatoms. The fraction of sp³-hybridized carbons (Fsp3) is 0.206. The van der Waals surface area contributed by atoms with Crippen molar-refractivity contribution in [2.75, 3.05) is 6.61 Å². The van der Waals surface area contributed by atoms with Gasteiger partial charge in [0.25, 0.3) is 0 Å². The molecule has 45 heavy (non-hydrogen) atoms. The molecule has 2 heterocycles. The van der Waals surface area contributed by atoms with Gasteiger partial charge in [0, 0.05) is 45.7 Å². The first-order chi connectivity index (χ1) is 21.4. The Morgan fingerprint density at radius 2 is 1.76 bits per heavy atom. The number of ketones is 1. The number of Topliss-reactive ketones (excluding diaryl/α,β-unsaturated/α-hetero) is 1. The SMILES string of the molecule is CC(=O)O[C@H]1[C@@H]2C(=O)c3c(C)cc(O)c4c3[C@@]1(COC4=O)c1c2c2c(C)cc(=O)c3c(O)n(-c4cccc(Cl)c4)cc(c1=O)c23. The number of nitrogens with zero attached hydrogens (tertiary/aromatic N) is 1. The molecule has 3 aliphatic rings. The fourth-order valence-corrected chi connectivity index (χ4v) is 8.18. The van der Waals surface area contributed by atoms with Crippen LogP contribution < -0.4 is 10.9 Å². The molecule has 1 spiro atoms. The second-order valence-corrected chi connectivity index (χ2v) is 12.3. The minimum absolute atomic E-state index is 0.0464. The zero-order valence-electron chi connectivity index (χ0n) is 24.0. The van der Waals surface area contributed by atoms with Crippen LogP contribution in [0.15, 0.2) is 52.2 Å². The second kappa shape index (κ2) is 8.70. The van der Waals surface area contributed by atoms with Gasteiger partial charge in [0.1, 0.15) is 24.0 Å². The molecule has 4 aromatic carbocycles. The number of phenols is 1. The largest absolute Gasteiger partial charge is 0.507 e. The number of esters is 2. The van der Waals surface area contributed by atoms with E-state index in [0.29, 0.717) is 27.2 Å². The molecule has 2 bridgehead atoms. The fourth-order valence-electron chi connectivity index (χ4n) is 8.00. The Labute approximate surface area is 258 Å². The van der Waals surface area contributed by atoms with Gasteiger partial charge >= 0.3 is 11.9 Å². The summed E-state index contributed by atoms with van der Waals surface area (Å²) in [6, 6.07) is 9.12. The molecule has 0 radical (unpaired) electrons. The number of rotatable bonds is 2. The van der Waals surface area contributed by atoms with E-state index >= 15 is 0 Å². The average Bonchev–Trinajstić information content (AvgIpc) is 3.17. The Kier molecular flexibility index (Phi) is 5.28. The molecule has 3 atom stereocenters. The van der Waals surface area contributed by atoms with Gasteiger partial charge in [-0.3, -0.25) is 23.7 Å². The predicted octanol–water partition coefficient (Wildman–Crippen LogP) is 4.31. The third kappa shape index (κ3) is 3.16. The van der Waals surface area contributed by atoms with E-state index in [-0.39, 0.29) is 44.0 Å². The van der Waals surface area contributed by atoms with E-state index < -0.39 is 64.3 Å². The maximum atomic E-state index is 15.0. The molecule has 224 valence electrons. The number of halogens is 1. The molecule has 8 rings (SSSR count). The number of cyclic esters (lactones) is 1. The summed E-state index contributed by atoms with van der Waals surface area (Å²) in [5.41, 5.74) is -1.34. The van der Waals surface area contributed by atoms with Crippen LogP contribution >= 0.6 is 11.6 Å². The summed E-state index contributed by atoms with van der Waals surface area (Å²) >= 11 is 6.24. The van der Waals surface area contributed by atoms with Gasteiger partial charge in [0.2, 0.25) is 5.88 Å². The number of benzene rings is 4. The summed E-state index contributed by atoms with van der Waals surface area (Å²) in [6.07, 6.45) is 0.102. The Morgan fingerprint density at radius 1 is 1.00 bits per heavy atom. The third-order valence-corrected chi connectivity index (χ3v) is 9.75. The van der Waals surface area contributed by atoms with Gasteiger partial charge < -0.3 is 19.7 Å². The minimum atomic E-state index is -1.65. The van der Waals surface area contributed by atoms with E-state index in [4.69, 9.17) is 21.1 Å². The van der Waals surface area contributed by atoms with Crippen molar-refractivity contribution in [1.29, 1.82) is 0 Å². The number of phenolic OH excluding ortho intramolecular Hbond substituents is 1. The summed E-state index contributed by atoms with van der Waals surface area (Å²) in [4.78, 5) is 68.8. The van der Waals surface area contributed by atoms with Crippen LogP contribution in [-0.4, -0.2) is 45.2 Å². The van der Waals surface area contributed by atoms with Crippen LogP contribution in [0.1, 0.15) is 61.4 Å². The smallest absolute Gasteiger partial charge is 0.342 e. The van der Waals surface area contributed by atoms with Crippen molar-refractivity contribution in [3.8, 4) is 17.3 Å². The maximum absolute atomic E-state index is 15.0. The lowest BCUT2D eigenvalue weighted by Crippen LogP contribution is -2.55. The zero-order chi connectivity index (χ0) is 31.9. The number of carbonyl (C=O) groups is 3. The molecule has 0 saturated heterocycles. The first-order valence-electron chi connectivity index (χ1n) is 14.1. The van der Waals surface area contributed by atoms with Crippen molar-refractivity contribution < 1.29 is 34.1 Å². The topological polar surface area (TPSA) is 149 Å². The van der Waals surface area contributed by atoms with Crippen LogP contribution in [-0.2, 0) is 19.7 Å². The van der Waals surface area contributed by atoms with Crippen LogP contribution in [0, 0.1) is 13.8 Å². The first kappa shape index (κ1) is 27.3. The predicted molar refractivity (Wildman–Crippen MR) is 162 cm³/mol. The number of aromatic hydroxyl groups is 2. The van der Waals surface area contributed by atoms with Gasteiger partial charge in [-0.2, -0.15) is 0 Å². The van der Waals surface area contributed by atoms with Gasteiger partial charge in [-0.05, 0) is 71.8 Å². The molecule has 5 aromatic rings. The second-order valence-electron chi connectivity index (χ2n) is 11.9. The van der Waals surface area contributed by atoms with Gasteiger partial charge in [-0.15, -0.1) is 0 Å². The Bertz CT molecular complexity index is 2390. The molecule has 0 unspecified atom stereocenters. The number of fused-ring (bicyclic) bond motifs is 4. The molecule has 10 nitrogen and oxygen atoms in total. The minimum Gasteiger partial charge on any atom is -0.507 e. The number of hydrogen-bond donors (Lipinski definition) is 2. The molecule has 2 aliphatic carbocycles. The first-order valence-corrected chi connectivity index (χ1v) is 14.5. The quantitative estimate of drug-likeness (QED) is 0.274. The number of pyridine rings is 1. The molecule has 1 aliphatic heterocycles. The van der Waals surface area contributed by atoms with Gasteiger partial charge in [0.05, 0.1) is 16.7 Å². The van der Waals surface area contributed by atoms with E-state index in [9.17, 15) is 34.2 Å². The van der Waals surface area contributed by atoms with Crippen LogP contribution in [0.2, 0.25) is 5.02 Å². The number of aryl methyl sites for hydroxylation is 2. The number of aromatic nitrogens is 1. The number of ether oxygens (including phenoxy) is 2. The Morgan fingerprint density at radius 3 is 2.47 bits per heavy atom. The lowest BCUT2D eigenvalue weighted by Gasteiger charge is -2.44. The van der Waals surface area contributed by atoms with Crippen molar-refractivity contribution in [1.82, 2.24) is 4.57 Å². The monoisotopic (exact) mass is 623 g/mol. The van der Waals surface area contributed by atoms with Crippen molar-refractivity contribution in [2.24, 2.45) is 0 Å². The highest BCUT2D eigenvalue weighted by atomic mass is 35.5. The van der Waals surface area contributed by atoms with E-state index in [0.717, 1.165) is 0 Å². The third-order valence-electron chi connectivity index (χ3n) is 9.52. The number of carbonyl (C=O) groups excluding carboxylic acids is 3. The summed E-state index contributed by atoms with van der Waals surface area (Å²) in [5.74, 6) is -4.18. The van der Waals surface area contributed by atoms with E-state index in [1.807, 2.05) is 0 Å². The van der Waals surface area contributed by atoms with Crippen molar-refractivity contribution in [3.05, 3.63) is 107 Å². The highest BCUT2D eigenvalue weighted by Gasteiger charge is 2.67. The van der Waals surface area contributed by atoms with Crippen LogP contribution in [0.3, 0.4) is 0 Å². The molecule has 1 aromatic heterocycles. The summed E-state index contributed by atoms with van der Waals surface area (Å²) in [5, 5.41) is 23.3. The van der Waals surface area contributed by atoms with Crippen LogP contribution in [0.25, 0.3) is 27.2 Å². The van der Waals surface area contributed by atoms with Crippen molar-refractivity contribution in [2.45, 2.75) is 38.2 Å². The van der Waals surface area contributed by atoms with Gasteiger partial charge in [-0.25, -0.2) is 4.79 Å². The maximum Gasteiger partial charge on any atom is 0.342 e. The van der Waals surface area contributed by atoms with E-state index in [1.165, 1.54) is 29.8 Å². The molecule has 0 fully saturated rings. The molecule has 0 amide bonds. The molecular weight excluding hydrogens is 602 g/mol. The van der Waals surface area contributed by atoms with Crippen molar-refractivity contribution >= 4 is 50.9 Å². The Balaban J connectivity index is 1.63. The molecule has 0 saturated carbocycles. The normalized spacial score (nSPS) is 21.2. The Hall–Kier alpha value is -5.22. The summed E-state index contributed by atoms with van der Waals surface area (Å²) in [6.45, 7) is 4.02. The van der Waals surface area contributed by atoms with Crippen LogP contribution in [0.4, 0.5) is 0 Å². The van der Waals surface area contributed by atoms with Gasteiger partial charge in [0.15, 0.2) is 16.6 Å². The lowest BCUT2D eigenvalue weighted by atomic mass is 9.63. The van der Waals surface area contributed by atoms with E-state index in [1.54, 1.807) is 38.1 Å². The highest BCUT2D eigenvalue weighted by molar-refractivity contribution is 6.30. The average molecular weight is 624 g/mol. The molecule has 2 N–H and O–H groups in total. The zero-order valence-corrected chi connectivity index (χ0v) is 24.7. The highest BCUT2D eigenvalue weighted by Crippen LogP contribution is 2.61. The van der Waals surface area contributed by atoms with E-state index in [2.05, 4.69) is 0 Å². The summed E-state index contributed by atoms with van der Waals surface area (Å²) < 4.78 is 12.8. The van der Waals surface area contributed by atoms with Crippen LogP contribution in [0.5, 0.6) is 11.6 Å². The lowest BCUT2D eigenvalue weighted by molar-refractivity contribution is -0.150.